The highest BCUT2D eigenvalue weighted by atomic mass is 32.2. The highest BCUT2D eigenvalue weighted by Gasteiger charge is 2.22. The molecule has 0 saturated heterocycles. The van der Waals surface area contributed by atoms with Crippen LogP contribution in [-0.4, -0.2) is 33.9 Å². The largest absolute Gasteiger partial charge is 0.454 e. The molecule has 0 fully saturated rings. The Morgan fingerprint density at radius 3 is 2.35 bits per heavy atom. The first kappa shape index (κ1) is 23.6. The summed E-state index contributed by atoms with van der Waals surface area (Å²) in [7, 11) is -3.54. The number of aryl methyl sites for hydroxylation is 1. The lowest BCUT2D eigenvalue weighted by molar-refractivity contribution is -0.121. The van der Waals surface area contributed by atoms with Crippen LogP contribution < -0.4 is 19.1 Å². The molecule has 1 aliphatic heterocycles. The molecule has 1 heterocycles. The fourth-order valence-electron chi connectivity index (χ4n) is 3.91. The Hall–Kier alpha value is -3.52. The van der Waals surface area contributed by atoms with Crippen molar-refractivity contribution in [2.45, 2.75) is 25.8 Å². The number of nitrogens with one attached hydrogen (secondary N) is 1. The van der Waals surface area contributed by atoms with Crippen molar-refractivity contribution >= 4 is 21.6 Å². The second-order valence-electron chi connectivity index (χ2n) is 8.30. The van der Waals surface area contributed by atoms with E-state index in [9.17, 15) is 13.2 Å². The number of sulfonamides is 1. The first-order valence-corrected chi connectivity index (χ1v) is 12.9. The van der Waals surface area contributed by atoms with Gasteiger partial charge in [0.1, 0.15) is 0 Å². The van der Waals surface area contributed by atoms with Crippen molar-refractivity contribution in [1.29, 1.82) is 0 Å². The van der Waals surface area contributed by atoms with Gasteiger partial charge in [0.25, 0.3) is 0 Å². The number of fused-ring (bicyclic) bond motifs is 1. The number of benzene rings is 3. The molecule has 0 aliphatic carbocycles. The van der Waals surface area contributed by atoms with Gasteiger partial charge in [-0.1, -0.05) is 60.2 Å². The maximum absolute atomic E-state index is 12.9. The van der Waals surface area contributed by atoms with Crippen LogP contribution in [0.1, 0.15) is 35.6 Å². The molecular weight excluding hydrogens is 452 g/mol. The van der Waals surface area contributed by atoms with Crippen molar-refractivity contribution < 1.29 is 22.7 Å². The maximum Gasteiger partial charge on any atom is 0.232 e. The molecule has 178 valence electrons. The quantitative estimate of drug-likeness (QED) is 0.497. The second-order valence-corrected chi connectivity index (χ2v) is 10.2. The van der Waals surface area contributed by atoms with E-state index in [1.54, 1.807) is 18.2 Å². The molecule has 3 aromatic carbocycles. The van der Waals surface area contributed by atoms with E-state index < -0.39 is 10.0 Å². The van der Waals surface area contributed by atoms with Gasteiger partial charge in [0.2, 0.25) is 22.7 Å². The van der Waals surface area contributed by atoms with Gasteiger partial charge in [-0.25, -0.2) is 8.42 Å². The van der Waals surface area contributed by atoms with Crippen molar-refractivity contribution in [2.75, 3.05) is 23.9 Å². The predicted octanol–water partition coefficient (Wildman–Crippen LogP) is 4.18. The Balaban J connectivity index is 1.43. The van der Waals surface area contributed by atoms with Crippen LogP contribution in [0, 0.1) is 6.92 Å². The highest BCUT2D eigenvalue weighted by molar-refractivity contribution is 7.92. The van der Waals surface area contributed by atoms with Gasteiger partial charge in [-0.2, -0.15) is 0 Å². The van der Waals surface area contributed by atoms with Crippen molar-refractivity contribution in [1.82, 2.24) is 5.32 Å². The lowest BCUT2D eigenvalue weighted by atomic mass is 9.97. The molecule has 0 aromatic heterocycles. The number of anilines is 1. The standard InChI is InChI=1S/C26H28N2O5S/c1-19-10-12-21(13-11-19)26(20-7-4-3-5-8-20)27-25(29)9-6-16-28(34(2,30)31)22-14-15-23-24(17-22)33-18-32-23/h3-5,7-8,10-15,17,26H,6,9,16,18H2,1-2H3,(H,27,29)/t26-/m1/s1. The van der Waals surface area contributed by atoms with Crippen LogP contribution in [0.5, 0.6) is 11.5 Å². The topological polar surface area (TPSA) is 84.9 Å². The van der Waals surface area contributed by atoms with Crippen LogP contribution in [0.15, 0.2) is 72.8 Å². The molecule has 0 radical (unpaired) electrons. The molecule has 1 atom stereocenters. The molecular formula is C26H28N2O5S. The minimum Gasteiger partial charge on any atom is -0.454 e. The molecule has 1 aliphatic rings. The molecule has 0 spiro atoms. The van der Waals surface area contributed by atoms with Gasteiger partial charge in [-0.15, -0.1) is 0 Å². The van der Waals surface area contributed by atoms with Gasteiger partial charge >= 0.3 is 0 Å². The van der Waals surface area contributed by atoms with Gasteiger partial charge < -0.3 is 14.8 Å². The SMILES string of the molecule is Cc1ccc([C@H](NC(=O)CCCN(c2ccc3c(c2)OCO3)S(C)(=O)=O)c2ccccc2)cc1. The van der Waals surface area contributed by atoms with E-state index in [4.69, 9.17) is 9.47 Å². The Morgan fingerprint density at radius 1 is 0.971 bits per heavy atom. The average Bonchev–Trinajstić information content (AvgIpc) is 3.29. The van der Waals surface area contributed by atoms with Crippen molar-refractivity contribution in [3.63, 3.8) is 0 Å². The zero-order chi connectivity index (χ0) is 24.1. The summed E-state index contributed by atoms with van der Waals surface area (Å²) < 4.78 is 36.8. The maximum atomic E-state index is 12.9. The summed E-state index contributed by atoms with van der Waals surface area (Å²) in [5, 5.41) is 3.11. The third-order valence-corrected chi connectivity index (χ3v) is 6.85. The molecule has 0 unspecified atom stereocenters. The molecule has 1 amide bonds. The average molecular weight is 481 g/mol. The summed E-state index contributed by atoms with van der Waals surface area (Å²) in [6.07, 6.45) is 1.70. The Bertz CT molecular complexity index is 1240. The molecule has 7 nitrogen and oxygen atoms in total. The summed E-state index contributed by atoms with van der Waals surface area (Å²) in [5.74, 6) is 0.945. The zero-order valence-corrected chi connectivity index (χ0v) is 20.0. The summed E-state index contributed by atoms with van der Waals surface area (Å²) in [5.41, 5.74) is 3.60. The Kier molecular flexibility index (Phi) is 7.07. The summed E-state index contributed by atoms with van der Waals surface area (Å²) in [6.45, 7) is 2.31. The Morgan fingerprint density at radius 2 is 1.65 bits per heavy atom. The van der Waals surface area contributed by atoms with Gasteiger partial charge in [0, 0.05) is 19.0 Å². The van der Waals surface area contributed by atoms with Crippen LogP contribution in [0.25, 0.3) is 0 Å². The van der Waals surface area contributed by atoms with E-state index in [0.29, 0.717) is 23.6 Å². The van der Waals surface area contributed by atoms with Crippen molar-refractivity contribution in [3.05, 3.63) is 89.5 Å². The van der Waals surface area contributed by atoms with Gasteiger partial charge in [0.05, 0.1) is 18.0 Å². The highest BCUT2D eigenvalue weighted by Crippen LogP contribution is 2.36. The number of ether oxygens (including phenoxy) is 2. The first-order valence-electron chi connectivity index (χ1n) is 11.1. The van der Waals surface area contributed by atoms with Crippen LogP contribution in [0.2, 0.25) is 0 Å². The Labute approximate surface area is 200 Å². The fourth-order valence-corrected chi connectivity index (χ4v) is 4.86. The molecule has 3 aromatic rings. The predicted molar refractivity (Wildman–Crippen MR) is 132 cm³/mol. The molecule has 1 N–H and O–H groups in total. The summed E-state index contributed by atoms with van der Waals surface area (Å²) >= 11 is 0. The van der Waals surface area contributed by atoms with E-state index >= 15 is 0 Å². The van der Waals surface area contributed by atoms with Gasteiger partial charge in [0.15, 0.2) is 11.5 Å². The monoisotopic (exact) mass is 480 g/mol. The first-order chi connectivity index (χ1) is 16.3. The lowest BCUT2D eigenvalue weighted by Crippen LogP contribution is -2.33. The van der Waals surface area contributed by atoms with Crippen LogP contribution >= 0.6 is 0 Å². The second kappa shape index (κ2) is 10.2. The number of carbonyl (C=O) groups excluding carboxylic acids is 1. The molecule has 0 saturated carbocycles. The number of hydrogen-bond acceptors (Lipinski definition) is 5. The minimum absolute atomic E-state index is 0.112. The number of nitrogens with zero attached hydrogens (tertiary/aromatic N) is 1. The van der Waals surface area contributed by atoms with E-state index in [0.717, 1.165) is 22.9 Å². The molecule has 34 heavy (non-hydrogen) atoms. The number of amides is 1. The van der Waals surface area contributed by atoms with Crippen molar-refractivity contribution in [3.8, 4) is 11.5 Å². The van der Waals surface area contributed by atoms with E-state index in [1.807, 2.05) is 61.5 Å². The molecule has 0 bridgehead atoms. The number of rotatable bonds is 9. The van der Waals surface area contributed by atoms with Gasteiger partial charge in [-0.05, 0) is 36.6 Å². The zero-order valence-electron chi connectivity index (χ0n) is 19.2. The fraction of sp³-hybridized carbons (Fsp3) is 0.269. The van der Waals surface area contributed by atoms with E-state index in [1.165, 1.54) is 4.31 Å². The van der Waals surface area contributed by atoms with Crippen LogP contribution in [0.3, 0.4) is 0 Å². The summed E-state index contributed by atoms with van der Waals surface area (Å²) in [4.78, 5) is 12.9. The lowest BCUT2D eigenvalue weighted by Gasteiger charge is -2.23. The smallest absolute Gasteiger partial charge is 0.232 e. The van der Waals surface area contributed by atoms with E-state index in [2.05, 4.69) is 5.32 Å². The third-order valence-electron chi connectivity index (χ3n) is 5.66. The van der Waals surface area contributed by atoms with Gasteiger partial charge in [-0.3, -0.25) is 9.10 Å². The third kappa shape index (κ3) is 5.69. The van der Waals surface area contributed by atoms with Crippen LogP contribution in [-0.2, 0) is 14.8 Å². The molecule has 8 heteroatoms. The van der Waals surface area contributed by atoms with Crippen LogP contribution in [0.4, 0.5) is 5.69 Å². The van der Waals surface area contributed by atoms with E-state index in [-0.39, 0.29) is 31.7 Å². The minimum atomic E-state index is -3.54. The normalized spacial score (nSPS) is 13.4. The van der Waals surface area contributed by atoms with Crippen molar-refractivity contribution in [2.24, 2.45) is 0 Å². The number of carbonyl (C=O) groups is 1. The molecule has 4 rings (SSSR count). The summed E-state index contributed by atoms with van der Waals surface area (Å²) in [6, 6.07) is 22.6. The number of hydrogen-bond donors (Lipinski definition) is 1.